The number of halogens is 3. The van der Waals surface area contributed by atoms with Crippen molar-refractivity contribution in [1.82, 2.24) is 10.6 Å². The van der Waals surface area contributed by atoms with Gasteiger partial charge in [-0.3, -0.25) is 4.79 Å². The standard InChI is InChI=1S/C16H21F3N2O2/c1-15(2)8-3-9-20-13(15)14(22)21-10-11-4-6-12(7-5-11)23-16(17,18)19/h4-7,13,20H,3,8-10H2,1-2H3,(H,21,22). The van der Waals surface area contributed by atoms with Gasteiger partial charge in [-0.2, -0.15) is 0 Å². The van der Waals surface area contributed by atoms with Crippen LogP contribution in [0, 0.1) is 5.41 Å². The van der Waals surface area contributed by atoms with Crippen LogP contribution in [0.3, 0.4) is 0 Å². The van der Waals surface area contributed by atoms with Crippen LogP contribution in [0.4, 0.5) is 13.2 Å². The molecule has 1 heterocycles. The summed E-state index contributed by atoms with van der Waals surface area (Å²) in [6.07, 6.45) is -2.69. The Morgan fingerprint density at radius 3 is 2.57 bits per heavy atom. The van der Waals surface area contributed by atoms with Gasteiger partial charge in [-0.15, -0.1) is 13.2 Å². The van der Waals surface area contributed by atoms with Gasteiger partial charge in [-0.25, -0.2) is 0 Å². The molecule has 0 aromatic heterocycles. The van der Waals surface area contributed by atoms with Gasteiger partial charge in [0.15, 0.2) is 0 Å². The molecule has 0 radical (unpaired) electrons. The average molecular weight is 330 g/mol. The molecule has 1 aromatic carbocycles. The zero-order chi connectivity index (χ0) is 17.1. The largest absolute Gasteiger partial charge is 0.573 e. The smallest absolute Gasteiger partial charge is 0.406 e. The molecule has 2 N–H and O–H groups in total. The second-order valence-corrected chi connectivity index (χ2v) is 6.39. The lowest BCUT2D eigenvalue weighted by Gasteiger charge is -2.38. The monoisotopic (exact) mass is 330 g/mol. The van der Waals surface area contributed by atoms with Crippen LogP contribution in [-0.2, 0) is 11.3 Å². The third-order valence-electron chi connectivity index (χ3n) is 4.01. The minimum atomic E-state index is -4.70. The highest BCUT2D eigenvalue weighted by Gasteiger charge is 2.36. The summed E-state index contributed by atoms with van der Waals surface area (Å²) < 4.78 is 40.1. The van der Waals surface area contributed by atoms with Gasteiger partial charge in [0.05, 0.1) is 6.04 Å². The molecule has 23 heavy (non-hydrogen) atoms. The minimum absolute atomic E-state index is 0.0923. The van der Waals surface area contributed by atoms with Gasteiger partial charge in [0.1, 0.15) is 5.75 Å². The van der Waals surface area contributed by atoms with E-state index in [4.69, 9.17) is 0 Å². The Balaban J connectivity index is 1.89. The number of hydrogen-bond acceptors (Lipinski definition) is 3. The number of alkyl halides is 3. The third-order valence-corrected chi connectivity index (χ3v) is 4.01. The van der Waals surface area contributed by atoms with Crippen molar-refractivity contribution in [2.45, 2.75) is 45.6 Å². The summed E-state index contributed by atoms with van der Waals surface area (Å²) in [6, 6.07) is 5.21. The van der Waals surface area contributed by atoms with Crippen LogP contribution in [0.25, 0.3) is 0 Å². The second-order valence-electron chi connectivity index (χ2n) is 6.39. The van der Waals surface area contributed by atoms with E-state index in [1.54, 1.807) is 0 Å². The summed E-state index contributed by atoms with van der Waals surface area (Å²) in [5, 5.41) is 6.05. The number of amides is 1. The maximum absolute atomic E-state index is 12.3. The van der Waals surface area contributed by atoms with Crippen molar-refractivity contribution in [2.75, 3.05) is 6.54 Å². The van der Waals surface area contributed by atoms with Crippen molar-refractivity contribution >= 4 is 5.91 Å². The number of piperidine rings is 1. The molecule has 128 valence electrons. The first-order valence-corrected chi connectivity index (χ1v) is 7.53. The zero-order valence-electron chi connectivity index (χ0n) is 13.2. The van der Waals surface area contributed by atoms with Crippen molar-refractivity contribution in [3.05, 3.63) is 29.8 Å². The predicted molar refractivity (Wildman–Crippen MR) is 79.8 cm³/mol. The van der Waals surface area contributed by atoms with E-state index >= 15 is 0 Å². The van der Waals surface area contributed by atoms with Crippen LogP contribution in [0.1, 0.15) is 32.3 Å². The Bertz CT molecular complexity index is 541. The molecule has 1 aromatic rings. The predicted octanol–water partition coefficient (Wildman–Crippen LogP) is 2.98. The fraction of sp³-hybridized carbons (Fsp3) is 0.562. The summed E-state index contributed by atoms with van der Waals surface area (Å²) >= 11 is 0. The van der Waals surface area contributed by atoms with E-state index in [9.17, 15) is 18.0 Å². The first-order valence-electron chi connectivity index (χ1n) is 7.53. The lowest BCUT2D eigenvalue weighted by molar-refractivity contribution is -0.274. The maximum Gasteiger partial charge on any atom is 0.573 e. The number of nitrogens with one attached hydrogen (secondary N) is 2. The van der Waals surface area contributed by atoms with E-state index in [1.165, 1.54) is 24.3 Å². The molecule has 0 aliphatic carbocycles. The van der Waals surface area contributed by atoms with Crippen molar-refractivity contribution in [3.63, 3.8) is 0 Å². The van der Waals surface area contributed by atoms with Gasteiger partial charge >= 0.3 is 6.36 Å². The lowest BCUT2D eigenvalue weighted by Crippen LogP contribution is -2.55. The Labute approximate surface area is 133 Å². The topological polar surface area (TPSA) is 50.4 Å². The second kappa shape index (κ2) is 6.78. The van der Waals surface area contributed by atoms with Gasteiger partial charge in [0.2, 0.25) is 5.91 Å². The van der Waals surface area contributed by atoms with E-state index in [-0.39, 0.29) is 29.7 Å². The van der Waals surface area contributed by atoms with Crippen LogP contribution in [0.5, 0.6) is 5.75 Å². The molecule has 1 unspecified atom stereocenters. The Kier molecular flexibility index (Phi) is 5.19. The van der Waals surface area contributed by atoms with Crippen LogP contribution in [0.2, 0.25) is 0 Å². The Morgan fingerprint density at radius 2 is 2.00 bits per heavy atom. The van der Waals surface area contributed by atoms with E-state index in [1.807, 2.05) is 13.8 Å². The van der Waals surface area contributed by atoms with Crippen LogP contribution in [-0.4, -0.2) is 24.9 Å². The van der Waals surface area contributed by atoms with Gasteiger partial charge in [0, 0.05) is 6.54 Å². The average Bonchev–Trinajstić information content (AvgIpc) is 2.44. The van der Waals surface area contributed by atoms with Crippen molar-refractivity contribution in [3.8, 4) is 5.75 Å². The molecule has 1 aliphatic rings. The van der Waals surface area contributed by atoms with Gasteiger partial charge in [-0.1, -0.05) is 26.0 Å². The molecule has 0 spiro atoms. The SMILES string of the molecule is CC1(C)CCCNC1C(=O)NCc1ccc(OC(F)(F)F)cc1. The van der Waals surface area contributed by atoms with E-state index in [2.05, 4.69) is 15.4 Å². The first kappa shape index (κ1) is 17.6. The molecule has 1 amide bonds. The molecule has 0 bridgehead atoms. The number of hydrogen-bond donors (Lipinski definition) is 2. The molecule has 4 nitrogen and oxygen atoms in total. The Hall–Kier alpha value is -1.76. The van der Waals surface area contributed by atoms with Crippen molar-refractivity contribution in [2.24, 2.45) is 5.41 Å². The number of carbonyl (C=O) groups excluding carboxylic acids is 1. The zero-order valence-corrected chi connectivity index (χ0v) is 13.2. The highest BCUT2D eigenvalue weighted by atomic mass is 19.4. The van der Waals surface area contributed by atoms with Gasteiger partial charge in [0.25, 0.3) is 0 Å². The molecule has 1 atom stereocenters. The number of ether oxygens (including phenoxy) is 1. The molecule has 7 heteroatoms. The van der Waals surface area contributed by atoms with Gasteiger partial charge in [-0.05, 0) is 42.5 Å². The molecule has 0 saturated carbocycles. The summed E-state index contributed by atoms with van der Waals surface area (Å²) in [4.78, 5) is 12.3. The highest BCUT2D eigenvalue weighted by molar-refractivity contribution is 5.82. The first-order chi connectivity index (χ1) is 10.7. The van der Waals surface area contributed by atoms with Crippen LogP contribution in [0.15, 0.2) is 24.3 Å². The highest BCUT2D eigenvalue weighted by Crippen LogP contribution is 2.30. The van der Waals surface area contributed by atoms with E-state index in [0.29, 0.717) is 5.56 Å². The molecular weight excluding hydrogens is 309 g/mol. The van der Waals surface area contributed by atoms with Gasteiger partial charge < -0.3 is 15.4 Å². The fourth-order valence-electron chi connectivity index (χ4n) is 2.76. The maximum atomic E-state index is 12.3. The number of carbonyl (C=O) groups is 1. The summed E-state index contributed by atoms with van der Waals surface area (Å²) in [5.41, 5.74) is 0.591. The molecular formula is C16H21F3N2O2. The lowest BCUT2D eigenvalue weighted by atomic mass is 9.77. The normalized spacial score (nSPS) is 20.8. The fourth-order valence-corrected chi connectivity index (χ4v) is 2.76. The summed E-state index contributed by atoms with van der Waals surface area (Å²) in [7, 11) is 0. The molecule has 2 rings (SSSR count). The minimum Gasteiger partial charge on any atom is -0.406 e. The van der Waals surface area contributed by atoms with Crippen molar-refractivity contribution < 1.29 is 22.7 Å². The Morgan fingerprint density at radius 1 is 1.35 bits per heavy atom. The summed E-state index contributed by atoms with van der Waals surface area (Å²) in [5.74, 6) is -0.368. The molecule has 1 saturated heterocycles. The molecule has 1 fully saturated rings. The van der Waals surface area contributed by atoms with E-state index in [0.717, 1.165) is 19.4 Å². The quantitative estimate of drug-likeness (QED) is 0.892. The van der Waals surface area contributed by atoms with Crippen molar-refractivity contribution in [1.29, 1.82) is 0 Å². The number of rotatable bonds is 4. The molecule has 1 aliphatic heterocycles. The van der Waals surface area contributed by atoms with Crippen LogP contribution < -0.4 is 15.4 Å². The number of benzene rings is 1. The van der Waals surface area contributed by atoms with E-state index < -0.39 is 6.36 Å². The van der Waals surface area contributed by atoms with Crippen LogP contribution >= 0.6 is 0 Å². The third kappa shape index (κ3) is 5.13. The summed E-state index contributed by atoms with van der Waals surface area (Å²) in [6.45, 7) is 5.17.